The molecule has 0 amide bonds. The average molecular weight is 358 g/mol. The minimum Gasteiger partial charge on any atom is -0.242 e. The quantitative estimate of drug-likeness (QED) is 0.315. The van der Waals surface area contributed by atoms with Crippen LogP contribution in [0.5, 0.6) is 0 Å². The highest BCUT2D eigenvalue weighted by molar-refractivity contribution is 7.84. The normalized spacial score (nSPS) is 14.9. The summed E-state index contributed by atoms with van der Waals surface area (Å²) in [5.41, 5.74) is 3.43. The molecular formula is C19H39NOSSi. The molecule has 0 aromatic heterocycles. The molecule has 4 heteroatoms. The molecule has 0 spiro atoms. The second-order valence-electron chi connectivity index (χ2n) is 8.51. The highest BCUT2D eigenvalue weighted by atomic mass is 32.2. The topological polar surface area (TPSA) is 29.1 Å². The standard InChI is InChI=1S/C19H39NOSSi/c1-8-9-10-11-12-13-15-18(16-14-17-23(5,6)7)20-22(21)19(2,3)4/h18,20H,8-13,15-16H2,1-7H3/t18-,22?/m1/s1. The molecular weight excluding hydrogens is 318 g/mol. The first kappa shape index (κ1) is 22.9. The van der Waals surface area contributed by atoms with Crippen LogP contribution in [0.1, 0.15) is 79.1 Å². The van der Waals surface area contributed by atoms with Crippen molar-refractivity contribution in [2.24, 2.45) is 0 Å². The van der Waals surface area contributed by atoms with Gasteiger partial charge in [-0.1, -0.05) is 65.1 Å². The Morgan fingerprint density at radius 2 is 1.61 bits per heavy atom. The summed E-state index contributed by atoms with van der Waals surface area (Å²) in [5.74, 6) is 3.36. The Balaban J connectivity index is 4.43. The Labute approximate surface area is 149 Å². The summed E-state index contributed by atoms with van der Waals surface area (Å²) in [7, 11) is -2.33. The second kappa shape index (κ2) is 11.4. The van der Waals surface area contributed by atoms with Gasteiger partial charge in [0.25, 0.3) is 0 Å². The van der Waals surface area contributed by atoms with Crippen LogP contribution in [0.25, 0.3) is 0 Å². The van der Waals surface area contributed by atoms with E-state index < -0.39 is 19.1 Å². The fourth-order valence-electron chi connectivity index (χ4n) is 2.14. The minimum atomic E-state index is -1.32. The molecule has 0 rings (SSSR count). The third-order valence-corrected chi connectivity index (χ3v) is 6.13. The molecule has 136 valence electrons. The molecule has 0 aliphatic rings. The van der Waals surface area contributed by atoms with E-state index in [1.165, 1.54) is 38.5 Å². The van der Waals surface area contributed by atoms with Crippen LogP contribution in [0, 0.1) is 11.5 Å². The lowest BCUT2D eigenvalue weighted by Crippen LogP contribution is -2.39. The van der Waals surface area contributed by atoms with Gasteiger partial charge in [-0.2, -0.15) is 0 Å². The maximum atomic E-state index is 12.4. The summed E-state index contributed by atoms with van der Waals surface area (Å²) in [5, 5.41) is 0. The monoisotopic (exact) mass is 357 g/mol. The van der Waals surface area contributed by atoms with Crippen molar-refractivity contribution < 1.29 is 4.21 Å². The van der Waals surface area contributed by atoms with Crippen LogP contribution >= 0.6 is 0 Å². The van der Waals surface area contributed by atoms with Crippen LogP contribution in [0.15, 0.2) is 0 Å². The minimum absolute atomic E-state index is 0.217. The van der Waals surface area contributed by atoms with Gasteiger partial charge in [-0.15, -0.1) is 11.5 Å². The van der Waals surface area contributed by atoms with Crippen LogP contribution in [-0.4, -0.2) is 23.1 Å². The molecule has 2 atom stereocenters. The maximum Gasteiger partial charge on any atom is 0.129 e. The van der Waals surface area contributed by atoms with E-state index in [0.717, 1.165) is 12.8 Å². The van der Waals surface area contributed by atoms with Crippen molar-refractivity contribution >= 4 is 19.1 Å². The molecule has 0 saturated carbocycles. The van der Waals surface area contributed by atoms with Crippen molar-refractivity contribution in [2.45, 2.75) is 109 Å². The molecule has 0 fully saturated rings. The number of hydrogen-bond acceptors (Lipinski definition) is 1. The molecule has 0 aromatic rings. The fourth-order valence-corrected chi connectivity index (χ4v) is 3.63. The average Bonchev–Trinajstić information content (AvgIpc) is 2.39. The van der Waals surface area contributed by atoms with Crippen molar-refractivity contribution in [3.05, 3.63) is 0 Å². The summed E-state index contributed by atoms with van der Waals surface area (Å²) in [4.78, 5) is 0. The lowest BCUT2D eigenvalue weighted by Gasteiger charge is -2.23. The number of unbranched alkanes of at least 4 members (excludes halogenated alkanes) is 5. The molecule has 0 radical (unpaired) electrons. The lowest BCUT2D eigenvalue weighted by molar-refractivity contribution is 0.511. The van der Waals surface area contributed by atoms with E-state index in [2.05, 4.69) is 42.8 Å². The molecule has 0 bridgehead atoms. The van der Waals surface area contributed by atoms with E-state index in [-0.39, 0.29) is 10.8 Å². The molecule has 2 nitrogen and oxygen atoms in total. The molecule has 0 aliphatic heterocycles. The van der Waals surface area contributed by atoms with Gasteiger partial charge in [0.1, 0.15) is 8.07 Å². The molecule has 0 saturated heterocycles. The Kier molecular flexibility index (Phi) is 11.4. The van der Waals surface area contributed by atoms with Gasteiger partial charge >= 0.3 is 0 Å². The zero-order valence-electron chi connectivity index (χ0n) is 16.6. The highest BCUT2D eigenvalue weighted by Gasteiger charge is 2.22. The Morgan fingerprint density at radius 1 is 1.04 bits per heavy atom. The predicted molar refractivity (Wildman–Crippen MR) is 109 cm³/mol. The summed E-state index contributed by atoms with van der Waals surface area (Å²) in [6.45, 7) is 15.1. The first-order valence-corrected chi connectivity index (χ1v) is 13.9. The Hall–Kier alpha value is -0.113. The molecule has 0 aliphatic carbocycles. The van der Waals surface area contributed by atoms with E-state index in [4.69, 9.17) is 0 Å². The molecule has 0 aromatic carbocycles. The van der Waals surface area contributed by atoms with Crippen molar-refractivity contribution in [1.82, 2.24) is 4.72 Å². The van der Waals surface area contributed by atoms with Crippen molar-refractivity contribution in [3.8, 4) is 11.5 Å². The fraction of sp³-hybridized carbons (Fsp3) is 0.895. The van der Waals surface area contributed by atoms with Crippen LogP contribution in [-0.2, 0) is 11.0 Å². The summed E-state index contributed by atoms with van der Waals surface area (Å²) >= 11 is 0. The van der Waals surface area contributed by atoms with Crippen molar-refractivity contribution in [3.63, 3.8) is 0 Å². The van der Waals surface area contributed by atoms with Crippen molar-refractivity contribution in [1.29, 1.82) is 0 Å². The van der Waals surface area contributed by atoms with Crippen LogP contribution in [0.3, 0.4) is 0 Å². The van der Waals surface area contributed by atoms with Crippen molar-refractivity contribution in [2.75, 3.05) is 0 Å². The van der Waals surface area contributed by atoms with Gasteiger partial charge in [-0.05, 0) is 27.2 Å². The lowest BCUT2D eigenvalue weighted by atomic mass is 10.0. The van der Waals surface area contributed by atoms with E-state index in [1.54, 1.807) is 0 Å². The second-order valence-corrected chi connectivity index (χ2v) is 15.3. The molecule has 0 heterocycles. The zero-order valence-corrected chi connectivity index (χ0v) is 18.4. The maximum absolute atomic E-state index is 12.4. The summed E-state index contributed by atoms with van der Waals surface area (Å²) < 4.78 is 15.5. The third-order valence-electron chi connectivity index (χ3n) is 3.55. The Morgan fingerprint density at radius 3 is 2.13 bits per heavy atom. The highest BCUT2D eigenvalue weighted by Crippen LogP contribution is 2.14. The van der Waals surface area contributed by atoms with Gasteiger partial charge in [0, 0.05) is 12.5 Å². The van der Waals surface area contributed by atoms with Crippen LogP contribution in [0.2, 0.25) is 19.6 Å². The van der Waals surface area contributed by atoms with E-state index in [1.807, 2.05) is 20.8 Å². The predicted octanol–water partition coefficient (Wildman–Crippen LogP) is 5.43. The van der Waals surface area contributed by atoms with Gasteiger partial charge < -0.3 is 0 Å². The zero-order chi connectivity index (χ0) is 17.9. The number of rotatable bonds is 10. The number of hydrogen-bond donors (Lipinski definition) is 1. The van der Waals surface area contributed by atoms with Gasteiger partial charge in [0.15, 0.2) is 0 Å². The van der Waals surface area contributed by atoms with E-state index in [9.17, 15) is 4.21 Å². The SMILES string of the molecule is CCCCCCCC[C@H](CC#C[Si](C)(C)C)NS(=O)C(C)(C)C. The summed E-state index contributed by atoms with van der Waals surface area (Å²) in [6.07, 6.45) is 9.69. The largest absolute Gasteiger partial charge is 0.242 e. The first-order valence-electron chi connectivity index (χ1n) is 9.24. The van der Waals surface area contributed by atoms with Crippen LogP contribution < -0.4 is 4.72 Å². The van der Waals surface area contributed by atoms with Gasteiger partial charge in [-0.3, -0.25) is 0 Å². The third kappa shape index (κ3) is 14.0. The summed E-state index contributed by atoms with van der Waals surface area (Å²) in [6, 6.07) is 0.255. The molecule has 1 unspecified atom stereocenters. The van der Waals surface area contributed by atoms with Gasteiger partial charge in [0.05, 0.1) is 15.7 Å². The Bertz CT molecular complexity index is 398. The molecule has 23 heavy (non-hydrogen) atoms. The number of nitrogens with one attached hydrogen (secondary N) is 1. The smallest absolute Gasteiger partial charge is 0.129 e. The van der Waals surface area contributed by atoms with E-state index >= 15 is 0 Å². The molecule has 1 N–H and O–H groups in total. The van der Waals surface area contributed by atoms with Gasteiger partial charge in [0.2, 0.25) is 0 Å². The van der Waals surface area contributed by atoms with E-state index in [0.29, 0.717) is 0 Å². The van der Waals surface area contributed by atoms with Crippen LogP contribution in [0.4, 0.5) is 0 Å². The first-order chi connectivity index (χ1) is 10.6. The van der Waals surface area contributed by atoms with Gasteiger partial charge in [-0.25, -0.2) is 8.93 Å².